The second-order valence-electron chi connectivity index (χ2n) is 5.98. The largest absolute Gasteiger partial charge is 0.490 e. The predicted molar refractivity (Wildman–Crippen MR) is 102 cm³/mol. The van der Waals surface area contributed by atoms with Gasteiger partial charge >= 0.3 is 0 Å². The highest BCUT2D eigenvalue weighted by atomic mass is 32.2. The molecule has 0 fully saturated rings. The van der Waals surface area contributed by atoms with Crippen molar-refractivity contribution in [1.29, 1.82) is 0 Å². The van der Waals surface area contributed by atoms with Crippen molar-refractivity contribution in [2.24, 2.45) is 5.14 Å². The van der Waals surface area contributed by atoms with Crippen LogP contribution >= 0.6 is 0 Å². The zero-order chi connectivity index (χ0) is 19.0. The molecule has 0 saturated carbocycles. The van der Waals surface area contributed by atoms with Crippen LogP contribution in [0.1, 0.15) is 19.4 Å². The highest BCUT2D eigenvalue weighted by Crippen LogP contribution is 2.26. The van der Waals surface area contributed by atoms with E-state index >= 15 is 0 Å². The van der Waals surface area contributed by atoms with Crippen LogP contribution in [0.15, 0.2) is 53.4 Å². The Morgan fingerprint density at radius 1 is 1.04 bits per heavy atom. The number of hydrogen-bond acceptors (Lipinski definition) is 5. The maximum absolute atomic E-state index is 11.3. The molecule has 0 heterocycles. The fraction of sp³-hybridized carbons (Fsp3) is 0.368. The van der Waals surface area contributed by atoms with Gasteiger partial charge in [-0.25, -0.2) is 13.6 Å². The Hall–Kier alpha value is -2.09. The Bertz CT molecular complexity index is 791. The monoisotopic (exact) mass is 378 g/mol. The molecule has 7 heteroatoms. The summed E-state index contributed by atoms with van der Waals surface area (Å²) in [4.78, 5) is 0.128. The second kappa shape index (κ2) is 9.56. The van der Waals surface area contributed by atoms with Gasteiger partial charge in [-0.2, -0.15) is 0 Å². The molecule has 0 aliphatic rings. The lowest BCUT2D eigenvalue weighted by Crippen LogP contribution is -2.31. The first-order valence-corrected chi connectivity index (χ1v) is 10.1. The van der Waals surface area contributed by atoms with Crippen LogP contribution in [-0.2, 0) is 16.4 Å². The summed E-state index contributed by atoms with van der Waals surface area (Å²) >= 11 is 0. The normalized spacial score (nSPS) is 12.6. The molecule has 0 spiro atoms. The predicted octanol–water partition coefficient (Wildman–Crippen LogP) is 2.33. The van der Waals surface area contributed by atoms with Crippen LogP contribution in [0.25, 0.3) is 0 Å². The molecule has 0 aromatic heterocycles. The van der Waals surface area contributed by atoms with Gasteiger partial charge in [0.15, 0.2) is 11.5 Å². The summed E-state index contributed by atoms with van der Waals surface area (Å²) in [6.07, 6.45) is 0.778. The molecule has 0 aliphatic carbocycles. The summed E-state index contributed by atoms with van der Waals surface area (Å²) in [7, 11) is -3.64. The summed E-state index contributed by atoms with van der Waals surface area (Å²) in [5.74, 6) is 1.49. The average molecular weight is 378 g/mol. The van der Waals surface area contributed by atoms with Crippen molar-refractivity contribution in [3.05, 3.63) is 54.1 Å². The molecule has 0 radical (unpaired) electrons. The summed E-state index contributed by atoms with van der Waals surface area (Å²) < 4.78 is 33.8. The lowest BCUT2D eigenvalue weighted by molar-refractivity contribution is 0.272. The number of ether oxygens (including phenoxy) is 2. The number of benzene rings is 2. The molecule has 0 aliphatic heterocycles. The zero-order valence-corrected chi connectivity index (χ0v) is 16.0. The molecule has 0 unspecified atom stereocenters. The van der Waals surface area contributed by atoms with Gasteiger partial charge in [0.25, 0.3) is 0 Å². The molecule has 0 bridgehead atoms. The standard InChI is InChI=1S/C19H26N2O4S/c1-3-24-18-6-4-5-7-19(18)25-13-12-21-15(2)14-16-8-10-17(11-9-16)26(20,22)23/h4-11,15,21H,3,12-14H2,1-2H3,(H2,20,22,23)/t15-/m1/s1. The molecule has 0 saturated heterocycles. The fourth-order valence-corrected chi connectivity index (χ4v) is 3.07. The first-order chi connectivity index (χ1) is 12.4. The number of nitrogens with two attached hydrogens (primary N) is 1. The number of rotatable bonds is 10. The Morgan fingerprint density at radius 2 is 1.65 bits per heavy atom. The van der Waals surface area contributed by atoms with E-state index in [2.05, 4.69) is 12.2 Å². The van der Waals surface area contributed by atoms with Crippen LogP contribution in [0.2, 0.25) is 0 Å². The van der Waals surface area contributed by atoms with E-state index in [1.165, 1.54) is 12.1 Å². The third-order valence-electron chi connectivity index (χ3n) is 3.80. The Morgan fingerprint density at radius 3 is 2.23 bits per heavy atom. The maximum atomic E-state index is 11.3. The van der Waals surface area contributed by atoms with E-state index in [0.717, 1.165) is 23.5 Å². The van der Waals surface area contributed by atoms with Gasteiger partial charge in [-0.15, -0.1) is 0 Å². The second-order valence-corrected chi connectivity index (χ2v) is 7.54. The third kappa shape index (κ3) is 6.33. The number of nitrogens with one attached hydrogen (secondary N) is 1. The van der Waals surface area contributed by atoms with E-state index in [1.54, 1.807) is 12.1 Å². The lowest BCUT2D eigenvalue weighted by atomic mass is 10.1. The average Bonchev–Trinajstić information content (AvgIpc) is 2.60. The van der Waals surface area contributed by atoms with Crippen molar-refractivity contribution < 1.29 is 17.9 Å². The van der Waals surface area contributed by atoms with Crippen molar-refractivity contribution in [2.45, 2.75) is 31.2 Å². The van der Waals surface area contributed by atoms with Gasteiger partial charge < -0.3 is 14.8 Å². The van der Waals surface area contributed by atoms with E-state index in [-0.39, 0.29) is 10.9 Å². The van der Waals surface area contributed by atoms with E-state index in [0.29, 0.717) is 19.8 Å². The molecule has 2 aromatic rings. The van der Waals surface area contributed by atoms with Crippen LogP contribution in [0.5, 0.6) is 11.5 Å². The van der Waals surface area contributed by atoms with Crippen LogP contribution in [0.3, 0.4) is 0 Å². The first-order valence-electron chi connectivity index (χ1n) is 8.60. The highest BCUT2D eigenvalue weighted by molar-refractivity contribution is 7.89. The zero-order valence-electron chi connectivity index (χ0n) is 15.1. The van der Waals surface area contributed by atoms with Gasteiger partial charge in [0.05, 0.1) is 11.5 Å². The molecular formula is C19H26N2O4S. The minimum Gasteiger partial charge on any atom is -0.490 e. The van der Waals surface area contributed by atoms with E-state index in [1.807, 2.05) is 31.2 Å². The Kier molecular flexibility index (Phi) is 7.44. The topological polar surface area (TPSA) is 90.7 Å². The smallest absolute Gasteiger partial charge is 0.238 e. The Balaban J connectivity index is 1.76. The molecule has 2 rings (SSSR count). The van der Waals surface area contributed by atoms with Crippen LogP contribution in [-0.4, -0.2) is 34.2 Å². The van der Waals surface area contributed by atoms with Gasteiger partial charge in [-0.3, -0.25) is 0 Å². The molecule has 2 aromatic carbocycles. The lowest BCUT2D eigenvalue weighted by Gasteiger charge is -2.15. The highest BCUT2D eigenvalue weighted by Gasteiger charge is 2.09. The van der Waals surface area contributed by atoms with Crippen LogP contribution in [0, 0.1) is 0 Å². The SMILES string of the molecule is CCOc1ccccc1OCCN[C@H](C)Cc1ccc(S(N)(=O)=O)cc1. The van der Waals surface area contributed by atoms with E-state index in [4.69, 9.17) is 14.6 Å². The van der Waals surface area contributed by atoms with Crippen molar-refractivity contribution in [1.82, 2.24) is 5.32 Å². The van der Waals surface area contributed by atoms with Gasteiger partial charge in [-0.1, -0.05) is 24.3 Å². The molecular weight excluding hydrogens is 352 g/mol. The minimum absolute atomic E-state index is 0.128. The van der Waals surface area contributed by atoms with E-state index in [9.17, 15) is 8.42 Å². The van der Waals surface area contributed by atoms with Crippen LogP contribution < -0.4 is 19.9 Å². The fourth-order valence-electron chi connectivity index (χ4n) is 2.55. The van der Waals surface area contributed by atoms with Gasteiger partial charge in [0, 0.05) is 12.6 Å². The van der Waals surface area contributed by atoms with Gasteiger partial charge in [-0.05, 0) is 50.1 Å². The van der Waals surface area contributed by atoms with Crippen LogP contribution in [0.4, 0.5) is 0 Å². The van der Waals surface area contributed by atoms with Crippen molar-refractivity contribution in [3.8, 4) is 11.5 Å². The summed E-state index contributed by atoms with van der Waals surface area (Å²) in [6.45, 7) is 5.83. The number of sulfonamides is 1. The first kappa shape index (κ1) is 20.2. The van der Waals surface area contributed by atoms with Crippen molar-refractivity contribution in [3.63, 3.8) is 0 Å². The number of hydrogen-bond donors (Lipinski definition) is 2. The van der Waals surface area contributed by atoms with Gasteiger partial charge in [0.1, 0.15) is 6.61 Å². The molecule has 1 atom stereocenters. The number of para-hydroxylation sites is 2. The third-order valence-corrected chi connectivity index (χ3v) is 4.72. The summed E-state index contributed by atoms with van der Waals surface area (Å²) in [5.41, 5.74) is 1.04. The quantitative estimate of drug-likeness (QED) is 0.619. The summed E-state index contributed by atoms with van der Waals surface area (Å²) in [6, 6.07) is 14.5. The molecule has 26 heavy (non-hydrogen) atoms. The summed E-state index contributed by atoms with van der Waals surface area (Å²) in [5, 5.41) is 8.49. The van der Waals surface area contributed by atoms with E-state index < -0.39 is 10.0 Å². The molecule has 3 N–H and O–H groups in total. The van der Waals surface area contributed by atoms with Gasteiger partial charge in [0.2, 0.25) is 10.0 Å². The van der Waals surface area contributed by atoms with Crippen molar-refractivity contribution >= 4 is 10.0 Å². The maximum Gasteiger partial charge on any atom is 0.238 e. The molecule has 0 amide bonds. The molecule has 6 nitrogen and oxygen atoms in total. The van der Waals surface area contributed by atoms with Crippen molar-refractivity contribution in [2.75, 3.05) is 19.8 Å². The Labute approximate surface area is 155 Å². The molecule has 142 valence electrons. The minimum atomic E-state index is -3.64. The number of primary sulfonamides is 1.